The lowest BCUT2D eigenvalue weighted by atomic mass is 9.90. The summed E-state index contributed by atoms with van der Waals surface area (Å²) in [5.41, 5.74) is 9.46. The maximum Gasteiger partial charge on any atom is 0.0940 e. The number of aromatic nitrogens is 1. The first-order chi connectivity index (χ1) is 18.8. The van der Waals surface area contributed by atoms with E-state index in [2.05, 4.69) is 155 Å². The summed E-state index contributed by atoms with van der Waals surface area (Å²) in [4.78, 5) is 7.49. The largest absolute Gasteiger partial charge is 0.378 e. The van der Waals surface area contributed by atoms with E-state index < -0.39 is 0 Å². The highest BCUT2D eigenvalue weighted by Crippen LogP contribution is 2.39. The molecule has 3 nitrogen and oxygen atoms in total. The van der Waals surface area contributed by atoms with Crippen LogP contribution in [0.1, 0.15) is 68.0 Å². The molecule has 0 saturated carbocycles. The van der Waals surface area contributed by atoms with Crippen molar-refractivity contribution in [1.29, 1.82) is 0 Å². The second-order valence-electron chi connectivity index (χ2n) is 11.2. The van der Waals surface area contributed by atoms with Gasteiger partial charge in [0.15, 0.2) is 0 Å². The minimum Gasteiger partial charge on any atom is -0.378 e. The highest BCUT2D eigenvalue weighted by atomic mass is 15.1. The molecule has 1 unspecified atom stereocenters. The van der Waals surface area contributed by atoms with E-state index in [-0.39, 0.29) is 6.04 Å². The first-order valence-corrected chi connectivity index (χ1v) is 13.9. The van der Waals surface area contributed by atoms with E-state index in [1.165, 1.54) is 38.8 Å². The van der Waals surface area contributed by atoms with Gasteiger partial charge in [-0.2, -0.15) is 0 Å². The van der Waals surface area contributed by atoms with Gasteiger partial charge in [-0.25, -0.2) is 0 Å². The fraction of sp³-hybridized carbons (Fsp3) is 0.250. The van der Waals surface area contributed by atoms with Crippen LogP contribution in [0.3, 0.4) is 0 Å². The lowest BCUT2D eigenvalue weighted by Crippen LogP contribution is -2.18. The standard InChI is InChI=1S/C36H39N3/c1-24(2)31-22-28(39(5)6)23-32(25(3)4)36(31)38-35(27-15-8-7-9-16-27)34-21-13-20-33(37-34)30-19-12-17-26-14-10-11-18-29(26)30/h7-25,35,38H,1-6H3. The zero-order chi connectivity index (χ0) is 27.5. The molecule has 0 saturated heterocycles. The number of rotatable bonds is 8. The number of anilines is 2. The third kappa shape index (κ3) is 5.54. The molecule has 1 atom stereocenters. The van der Waals surface area contributed by atoms with Gasteiger partial charge in [0.2, 0.25) is 0 Å². The van der Waals surface area contributed by atoms with Crippen LogP contribution in [0.25, 0.3) is 22.0 Å². The van der Waals surface area contributed by atoms with E-state index in [0.29, 0.717) is 11.8 Å². The number of pyridine rings is 1. The molecule has 0 bridgehead atoms. The van der Waals surface area contributed by atoms with E-state index in [1.54, 1.807) is 0 Å². The molecule has 1 N–H and O–H groups in total. The highest BCUT2D eigenvalue weighted by molar-refractivity contribution is 5.95. The predicted octanol–water partition coefficient (Wildman–Crippen LogP) is 9.42. The Morgan fingerprint density at radius 3 is 1.95 bits per heavy atom. The molecular weight excluding hydrogens is 474 g/mol. The van der Waals surface area contributed by atoms with Gasteiger partial charge in [-0.05, 0) is 63.6 Å². The number of benzene rings is 4. The summed E-state index contributed by atoms with van der Waals surface area (Å²) in [5, 5.41) is 6.46. The Labute approximate surface area is 233 Å². The van der Waals surface area contributed by atoms with Crippen LogP contribution in [0.4, 0.5) is 11.4 Å². The number of fused-ring (bicyclic) bond motifs is 1. The molecule has 5 aromatic rings. The molecule has 0 aliphatic rings. The molecule has 1 heterocycles. The molecule has 5 rings (SSSR count). The second-order valence-corrected chi connectivity index (χ2v) is 11.2. The molecule has 0 amide bonds. The van der Waals surface area contributed by atoms with Crippen molar-refractivity contribution in [1.82, 2.24) is 4.98 Å². The van der Waals surface area contributed by atoms with E-state index in [1.807, 2.05) is 0 Å². The van der Waals surface area contributed by atoms with Crippen molar-refractivity contribution >= 4 is 22.1 Å². The zero-order valence-electron chi connectivity index (χ0n) is 23.9. The summed E-state index contributed by atoms with van der Waals surface area (Å²) in [5.74, 6) is 0.743. The van der Waals surface area contributed by atoms with Crippen LogP contribution in [0, 0.1) is 0 Å². The van der Waals surface area contributed by atoms with E-state index >= 15 is 0 Å². The van der Waals surface area contributed by atoms with E-state index in [0.717, 1.165) is 17.0 Å². The predicted molar refractivity (Wildman–Crippen MR) is 168 cm³/mol. The summed E-state index contributed by atoms with van der Waals surface area (Å²) in [6.07, 6.45) is 0. The van der Waals surface area contributed by atoms with Crippen LogP contribution in [-0.4, -0.2) is 19.1 Å². The van der Waals surface area contributed by atoms with Crippen molar-refractivity contribution in [2.75, 3.05) is 24.3 Å². The topological polar surface area (TPSA) is 28.2 Å². The summed E-state index contributed by atoms with van der Waals surface area (Å²) in [6, 6.07) is 36.7. The van der Waals surface area contributed by atoms with Crippen molar-refractivity contribution in [2.45, 2.75) is 45.6 Å². The van der Waals surface area contributed by atoms with Crippen LogP contribution < -0.4 is 10.2 Å². The number of nitrogens with zero attached hydrogens (tertiary/aromatic N) is 2. The van der Waals surface area contributed by atoms with Crippen molar-refractivity contribution in [3.63, 3.8) is 0 Å². The summed E-state index contributed by atoms with van der Waals surface area (Å²) < 4.78 is 0. The molecule has 0 aliphatic heterocycles. The van der Waals surface area contributed by atoms with Crippen LogP contribution in [0.5, 0.6) is 0 Å². The quantitative estimate of drug-likeness (QED) is 0.224. The fourth-order valence-corrected chi connectivity index (χ4v) is 5.34. The third-order valence-electron chi connectivity index (χ3n) is 7.50. The SMILES string of the molecule is CC(C)c1cc(N(C)C)cc(C(C)C)c1NC(c1ccccc1)c1cccc(-c2cccc3ccccc23)n1. The van der Waals surface area contributed by atoms with Crippen molar-refractivity contribution in [3.8, 4) is 11.3 Å². The fourth-order valence-electron chi connectivity index (χ4n) is 5.34. The lowest BCUT2D eigenvalue weighted by Gasteiger charge is -2.29. The Morgan fingerprint density at radius 1 is 0.667 bits per heavy atom. The van der Waals surface area contributed by atoms with E-state index in [4.69, 9.17) is 4.98 Å². The van der Waals surface area contributed by atoms with Crippen LogP contribution in [0.15, 0.2) is 103 Å². The van der Waals surface area contributed by atoms with Crippen LogP contribution in [-0.2, 0) is 0 Å². The first kappa shape index (κ1) is 26.5. The number of hydrogen-bond acceptors (Lipinski definition) is 3. The molecule has 39 heavy (non-hydrogen) atoms. The minimum atomic E-state index is -0.0960. The summed E-state index contributed by atoms with van der Waals surface area (Å²) >= 11 is 0. The Bertz CT molecular complexity index is 1530. The molecule has 0 radical (unpaired) electrons. The monoisotopic (exact) mass is 513 g/mol. The lowest BCUT2D eigenvalue weighted by molar-refractivity contribution is 0.813. The van der Waals surface area contributed by atoms with E-state index in [9.17, 15) is 0 Å². The van der Waals surface area contributed by atoms with Crippen molar-refractivity contribution < 1.29 is 0 Å². The summed E-state index contributed by atoms with van der Waals surface area (Å²) in [6.45, 7) is 9.11. The van der Waals surface area contributed by atoms with Crippen molar-refractivity contribution in [3.05, 3.63) is 126 Å². The molecule has 198 valence electrons. The maximum atomic E-state index is 5.29. The maximum absolute atomic E-state index is 5.29. The molecule has 1 aromatic heterocycles. The minimum absolute atomic E-state index is 0.0960. The Hall–Kier alpha value is -4.11. The Morgan fingerprint density at radius 2 is 1.28 bits per heavy atom. The molecular formula is C36H39N3. The normalized spacial score (nSPS) is 12.2. The number of nitrogens with one attached hydrogen (secondary N) is 1. The summed E-state index contributed by atoms with van der Waals surface area (Å²) in [7, 11) is 4.23. The highest BCUT2D eigenvalue weighted by Gasteiger charge is 2.23. The smallest absolute Gasteiger partial charge is 0.0940 e. The van der Waals surface area contributed by atoms with Crippen molar-refractivity contribution in [2.24, 2.45) is 0 Å². The van der Waals surface area contributed by atoms with Gasteiger partial charge in [-0.1, -0.05) is 107 Å². The van der Waals surface area contributed by atoms with Crippen LogP contribution >= 0.6 is 0 Å². The van der Waals surface area contributed by atoms with Crippen LogP contribution in [0.2, 0.25) is 0 Å². The molecule has 3 heteroatoms. The van der Waals surface area contributed by atoms with Gasteiger partial charge in [-0.15, -0.1) is 0 Å². The molecule has 4 aromatic carbocycles. The average molecular weight is 514 g/mol. The molecule has 0 spiro atoms. The van der Waals surface area contributed by atoms with Gasteiger partial charge in [-0.3, -0.25) is 4.98 Å². The number of hydrogen-bond donors (Lipinski definition) is 1. The van der Waals surface area contributed by atoms with Gasteiger partial charge >= 0.3 is 0 Å². The third-order valence-corrected chi connectivity index (χ3v) is 7.50. The van der Waals surface area contributed by atoms with Gasteiger partial charge in [0.1, 0.15) is 0 Å². The second kappa shape index (κ2) is 11.3. The van der Waals surface area contributed by atoms with Gasteiger partial charge in [0, 0.05) is 31.0 Å². The molecule has 0 aliphatic carbocycles. The average Bonchev–Trinajstić information content (AvgIpc) is 2.95. The first-order valence-electron chi connectivity index (χ1n) is 13.9. The van der Waals surface area contributed by atoms with Gasteiger partial charge in [0.05, 0.1) is 17.4 Å². The zero-order valence-corrected chi connectivity index (χ0v) is 23.9. The Kier molecular flexibility index (Phi) is 7.70. The molecule has 0 fully saturated rings. The van der Waals surface area contributed by atoms with Gasteiger partial charge < -0.3 is 10.2 Å². The Balaban J connectivity index is 1.67. The van der Waals surface area contributed by atoms with Gasteiger partial charge in [0.25, 0.3) is 0 Å².